The number of nitrogens with one attached hydrogen (secondary N) is 1. The van der Waals surface area contributed by atoms with E-state index in [-0.39, 0.29) is 11.8 Å². The Balaban J connectivity index is 1.71. The fraction of sp³-hybridized carbons (Fsp3) is 0.375. The Morgan fingerprint density at radius 1 is 0.967 bits per heavy atom. The van der Waals surface area contributed by atoms with Gasteiger partial charge in [0.1, 0.15) is 6.04 Å². The van der Waals surface area contributed by atoms with Crippen LogP contribution in [0.4, 0.5) is 0 Å². The van der Waals surface area contributed by atoms with E-state index in [1.54, 1.807) is 24.3 Å². The number of hydrogen-bond donors (Lipinski definition) is 1. The second-order valence-electron chi connectivity index (χ2n) is 7.84. The van der Waals surface area contributed by atoms with Gasteiger partial charge in [-0.25, -0.2) is 0 Å². The predicted molar refractivity (Wildman–Crippen MR) is 114 cm³/mol. The van der Waals surface area contributed by atoms with E-state index >= 15 is 0 Å². The van der Waals surface area contributed by atoms with E-state index < -0.39 is 17.9 Å². The number of benzene rings is 2. The highest BCUT2D eigenvalue weighted by Crippen LogP contribution is 2.27. The van der Waals surface area contributed by atoms with Crippen LogP contribution >= 0.6 is 0 Å². The van der Waals surface area contributed by atoms with Gasteiger partial charge >= 0.3 is 0 Å². The molecule has 1 atom stereocenters. The Kier molecular flexibility index (Phi) is 7.00. The van der Waals surface area contributed by atoms with Crippen LogP contribution in [0, 0.1) is 5.92 Å². The van der Waals surface area contributed by atoms with Crippen molar-refractivity contribution in [3.63, 3.8) is 0 Å². The van der Waals surface area contributed by atoms with Gasteiger partial charge in [-0.3, -0.25) is 19.3 Å². The minimum absolute atomic E-state index is 0.142. The van der Waals surface area contributed by atoms with Crippen LogP contribution in [0.25, 0.3) is 0 Å². The van der Waals surface area contributed by atoms with Gasteiger partial charge in [-0.15, -0.1) is 0 Å². The molecule has 6 nitrogen and oxygen atoms in total. The summed E-state index contributed by atoms with van der Waals surface area (Å²) in [7, 11) is 0. The first-order valence-electron chi connectivity index (χ1n) is 10.3. The maximum absolute atomic E-state index is 13.0. The Morgan fingerprint density at radius 3 is 2.07 bits per heavy atom. The third kappa shape index (κ3) is 4.76. The van der Waals surface area contributed by atoms with Crippen LogP contribution in [-0.4, -0.2) is 35.3 Å². The van der Waals surface area contributed by atoms with Gasteiger partial charge in [-0.05, 0) is 42.5 Å². The molecule has 0 saturated carbocycles. The van der Waals surface area contributed by atoms with Gasteiger partial charge < -0.3 is 10.1 Å². The Hall–Kier alpha value is -2.99. The third-order valence-electron chi connectivity index (χ3n) is 5.10. The maximum atomic E-state index is 13.0. The predicted octanol–water partition coefficient (Wildman–Crippen LogP) is 3.55. The average Bonchev–Trinajstić information content (AvgIpc) is 3.00. The van der Waals surface area contributed by atoms with Gasteiger partial charge in [-0.2, -0.15) is 0 Å². The Bertz CT molecular complexity index is 886. The molecule has 1 heterocycles. The van der Waals surface area contributed by atoms with E-state index in [0.717, 1.165) is 16.0 Å². The SMILES string of the molecule is CCOCc1ccc(CNC(=O)C(CC(C)C)N2C(=O)c3ccccc3C2=O)cc1. The van der Waals surface area contributed by atoms with Crippen LogP contribution in [0.3, 0.4) is 0 Å². The maximum Gasteiger partial charge on any atom is 0.262 e. The average molecular weight is 408 g/mol. The van der Waals surface area contributed by atoms with E-state index in [4.69, 9.17) is 4.74 Å². The second-order valence-corrected chi connectivity index (χ2v) is 7.84. The summed E-state index contributed by atoms with van der Waals surface area (Å²) in [6.07, 6.45) is 0.407. The summed E-state index contributed by atoms with van der Waals surface area (Å²) >= 11 is 0. The highest BCUT2D eigenvalue weighted by molar-refractivity contribution is 6.22. The first kappa shape index (κ1) is 21.7. The first-order valence-corrected chi connectivity index (χ1v) is 10.3. The molecule has 3 rings (SSSR count). The third-order valence-corrected chi connectivity index (χ3v) is 5.10. The molecule has 30 heavy (non-hydrogen) atoms. The number of carbonyl (C=O) groups excluding carboxylic acids is 3. The molecule has 0 bridgehead atoms. The van der Waals surface area contributed by atoms with Crippen molar-refractivity contribution in [3.05, 3.63) is 70.8 Å². The lowest BCUT2D eigenvalue weighted by molar-refractivity contribution is -0.125. The van der Waals surface area contributed by atoms with Gasteiger partial charge in [0.25, 0.3) is 11.8 Å². The largest absolute Gasteiger partial charge is 0.377 e. The summed E-state index contributed by atoms with van der Waals surface area (Å²) in [6.45, 7) is 7.43. The van der Waals surface area contributed by atoms with E-state index in [2.05, 4.69) is 5.32 Å². The Labute approximate surface area is 177 Å². The van der Waals surface area contributed by atoms with Gasteiger partial charge in [0, 0.05) is 13.2 Å². The van der Waals surface area contributed by atoms with Gasteiger partial charge in [-0.1, -0.05) is 50.2 Å². The molecule has 0 aromatic heterocycles. The van der Waals surface area contributed by atoms with Crippen molar-refractivity contribution in [3.8, 4) is 0 Å². The number of rotatable bonds is 9. The van der Waals surface area contributed by atoms with Crippen molar-refractivity contribution in [2.45, 2.75) is 46.4 Å². The van der Waals surface area contributed by atoms with Crippen LogP contribution in [-0.2, 0) is 22.7 Å². The molecule has 0 aliphatic carbocycles. The number of hydrogen-bond acceptors (Lipinski definition) is 4. The molecule has 1 unspecified atom stereocenters. The molecule has 6 heteroatoms. The molecule has 2 aromatic carbocycles. The molecule has 3 amide bonds. The fourth-order valence-corrected chi connectivity index (χ4v) is 3.55. The molecule has 0 spiro atoms. The molecule has 0 fully saturated rings. The summed E-state index contributed by atoms with van der Waals surface area (Å²) < 4.78 is 5.39. The minimum Gasteiger partial charge on any atom is -0.377 e. The van der Waals surface area contributed by atoms with Crippen molar-refractivity contribution in [1.82, 2.24) is 10.2 Å². The molecular formula is C24H28N2O4. The topological polar surface area (TPSA) is 75.7 Å². The van der Waals surface area contributed by atoms with Gasteiger partial charge in [0.05, 0.1) is 17.7 Å². The lowest BCUT2D eigenvalue weighted by atomic mass is 10.0. The molecule has 2 aromatic rings. The second kappa shape index (κ2) is 9.67. The molecule has 1 aliphatic heterocycles. The van der Waals surface area contributed by atoms with Crippen LogP contribution in [0.15, 0.2) is 48.5 Å². The molecule has 1 N–H and O–H groups in total. The summed E-state index contributed by atoms with van der Waals surface area (Å²) in [5.41, 5.74) is 2.72. The zero-order valence-electron chi connectivity index (χ0n) is 17.7. The van der Waals surface area contributed by atoms with Crippen molar-refractivity contribution in [1.29, 1.82) is 0 Å². The quantitative estimate of drug-likeness (QED) is 0.644. The standard InChI is InChI=1S/C24H28N2O4/c1-4-30-15-18-11-9-17(10-12-18)14-25-22(27)21(13-16(2)3)26-23(28)19-7-5-6-8-20(19)24(26)29/h5-12,16,21H,4,13-15H2,1-3H3,(H,25,27). The van der Waals surface area contributed by atoms with E-state index in [1.807, 2.05) is 45.0 Å². The van der Waals surface area contributed by atoms with E-state index in [1.165, 1.54) is 0 Å². The van der Waals surface area contributed by atoms with E-state index in [9.17, 15) is 14.4 Å². The van der Waals surface area contributed by atoms with Gasteiger partial charge in [0.2, 0.25) is 5.91 Å². The van der Waals surface area contributed by atoms with Crippen LogP contribution in [0.2, 0.25) is 0 Å². The molecule has 158 valence electrons. The number of nitrogens with zero attached hydrogens (tertiary/aromatic N) is 1. The number of amides is 3. The zero-order chi connectivity index (χ0) is 21.7. The number of carbonyl (C=O) groups is 3. The first-order chi connectivity index (χ1) is 14.4. The van der Waals surface area contributed by atoms with Gasteiger partial charge in [0.15, 0.2) is 0 Å². The van der Waals surface area contributed by atoms with Crippen LogP contribution in [0.1, 0.15) is 59.0 Å². The normalized spacial score (nSPS) is 14.2. The van der Waals surface area contributed by atoms with Crippen molar-refractivity contribution < 1.29 is 19.1 Å². The monoisotopic (exact) mass is 408 g/mol. The summed E-state index contributed by atoms with van der Waals surface area (Å²) in [4.78, 5) is 39.8. The summed E-state index contributed by atoms with van der Waals surface area (Å²) in [6, 6.07) is 13.7. The van der Waals surface area contributed by atoms with Crippen LogP contribution < -0.4 is 5.32 Å². The number of ether oxygens (including phenoxy) is 1. The molecule has 0 radical (unpaired) electrons. The number of fused-ring (bicyclic) bond motifs is 1. The van der Waals surface area contributed by atoms with Crippen molar-refractivity contribution in [2.75, 3.05) is 6.61 Å². The highest BCUT2D eigenvalue weighted by atomic mass is 16.5. The summed E-state index contributed by atoms with van der Waals surface area (Å²) in [5.74, 6) is -0.993. The molecule has 1 aliphatic rings. The van der Waals surface area contributed by atoms with E-state index in [0.29, 0.717) is 37.3 Å². The van der Waals surface area contributed by atoms with Crippen molar-refractivity contribution >= 4 is 17.7 Å². The lowest BCUT2D eigenvalue weighted by Gasteiger charge is -2.26. The molecular weight excluding hydrogens is 380 g/mol. The Morgan fingerprint density at radius 2 is 1.53 bits per heavy atom. The lowest BCUT2D eigenvalue weighted by Crippen LogP contribution is -2.50. The summed E-state index contributed by atoms with van der Waals surface area (Å²) in [5, 5.41) is 2.90. The molecule has 0 saturated heterocycles. The zero-order valence-corrected chi connectivity index (χ0v) is 17.7. The fourth-order valence-electron chi connectivity index (χ4n) is 3.55. The minimum atomic E-state index is -0.838. The number of imide groups is 1. The highest BCUT2D eigenvalue weighted by Gasteiger charge is 2.42. The van der Waals surface area contributed by atoms with Crippen LogP contribution in [0.5, 0.6) is 0 Å². The van der Waals surface area contributed by atoms with Crippen molar-refractivity contribution in [2.24, 2.45) is 5.92 Å². The smallest absolute Gasteiger partial charge is 0.262 e.